The van der Waals surface area contributed by atoms with Crippen molar-refractivity contribution >= 4 is 0 Å². The van der Waals surface area contributed by atoms with Crippen molar-refractivity contribution in [1.29, 1.82) is 0 Å². The first-order valence-corrected chi connectivity index (χ1v) is 5.14. The maximum absolute atomic E-state index is 10.0. The molecule has 0 saturated heterocycles. The van der Waals surface area contributed by atoms with Gasteiger partial charge < -0.3 is 5.11 Å². The lowest BCUT2D eigenvalue weighted by atomic mass is 9.85. The molecule has 0 aromatic carbocycles. The lowest BCUT2D eigenvalue weighted by molar-refractivity contribution is -0.0371. The van der Waals surface area contributed by atoms with Crippen LogP contribution in [0.5, 0.6) is 0 Å². The molecule has 1 fully saturated rings. The predicted octanol–water partition coefficient (Wildman–Crippen LogP) is 1.88. The van der Waals surface area contributed by atoms with Gasteiger partial charge in [-0.3, -0.25) is 5.32 Å². The van der Waals surface area contributed by atoms with Crippen LogP contribution in [0, 0.1) is 5.92 Å². The summed E-state index contributed by atoms with van der Waals surface area (Å²) in [6.07, 6.45) is 5.26. The van der Waals surface area contributed by atoms with E-state index in [1.54, 1.807) is 0 Å². The van der Waals surface area contributed by atoms with Crippen molar-refractivity contribution < 1.29 is 5.11 Å². The first-order valence-electron chi connectivity index (χ1n) is 5.14. The Morgan fingerprint density at radius 3 is 2.50 bits per heavy atom. The summed E-state index contributed by atoms with van der Waals surface area (Å²) in [5, 5.41) is 13.2. The molecule has 1 aliphatic carbocycles. The smallest absolute Gasteiger partial charge is 0.116 e. The first kappa shape index (κ1) is 10.0. The van der Waals surface area contributed by atoms with E-state index in [4.69, 9.17) is 0 Å². The third-order valence-corrected chi connectivity index (χ3v) is 2.81. The van der Waals surface area contributed by atoms with Crippen molar-refractivity contribution in [3.05, 3.63) is 0 Å². The van der Waals surface area contributed by atoms with Crippen molar-refractivity contribution in [2.75, 3.05) is 6.54 Å². The average molecular weight is 171 g/mol. The molecule has 1 saturated carbocycles. The molecule has 0 atom stereocenters. The van der Waals surface area contributed by atoms with Crippen LogP contribution in [0.2, 0.25) is 0 Å². The fraction of sp³-hybridized carbons (Fsp3) is 1.00. The van der Waals surface area contributed by atoms with E-state index in [-0.39, 0.29) is 0 Å². The molecule has 2 nitrogen and oxygen atoms in total. The summed E-state index contributed by atoms with van der Waals surface area (Å²) < 4.78 is 0. The Hall–Kier alpha value is -0.0800. The second kappa shape index (κ2) is 4.24. The molecule has 2 heteroatoms. The Morgan fingerprint density at radius 2 is 2.00 bits per heavy atom. The van der Waals surface area contributed by atoms with E-state index < -0.39 is 5.72 Å². The quantitative estimate of drug-likeness (QED) is 0.635. The highest BCUT2D eigenvalue weighted by atomic mass is 16.3. The molecule has 12 heavy (non-hydrogen) atoms. The maximum Gasteiger partial charge on any atom is 0.116 e. The highest BCUT2D eigenvalue weighted by Gasteiger charge is 2.30. The van der Waals surface area contributed by atoms with E-state index in [0.29, 0.717) is 0 Å². The monoisotopic (exact) mass is 171 g/mol. The van der Waals surface area contributed by atoms with Crippen molar-refractivity contribution in [1.82, 2.24) is 5.32 Å². The van der Waals surface area contributed by atoms with Gasteiger partial charge in [-0.2, -0.15) is 0 Å². The standard InChI is InChI=1S/C10H21NO/c1-3-8-11-10(12)6-4-9(2)5-7-10/h9,11-12H,3-8H2,1-2H3. The van der Waals surface area contributed by atoms with E-state index >= 15 is 0 Å². The van der Waals surface area contributed by atoms with Crippen LogP contribution in [0.15, 0.2) is 0 Å². The van der Waals surface area contributed by atoms with Crippen LogP contribution in [0.1, 0.15) is 46.0 Å². The van der Waals surface area contributed by atoms with E-state index in [0.717, 1.165) is 44.6 Å². The summed E-state index contributed by atoms with van der Waals surface area (Å²) in [5.41, 5.74) is -0.539. The van der Waals surface area contributed by atoms with Gasteiger partial charge in [0.05, 0.1) is 0 Å². The van der Waals surface area contributed by atoms with Gasteiger partial charge in [0, 0.05) is 0 Å². The van der Waals surface area contributed by atoms with Gasteiger partial charge in [-0.05, 0) is 44.6 Å². The topological polar surface area (TPSA) is 32.3 Å². The van der Waals surface area contributed by atoms with Crippen LogP contribution in [0.4, 0.5) is 0 Å². The van der Waals surface area contributed by atoms with Gasteiger partial charge in [0.2, 0.25) is 0 Å². The summed E-state index contributed by atoms with van der Waals surface area (Å²) >= 11 is 0. The Kier molecular flexibility index (Phi) is 3.53. The summed E-state index contributed by atoms with van der Waals surface area (Å²) in [4.78, 5) is 0. The summed E-state index contributed by atoms with van der Waals surface area (Å²) in [6.45, 7) is 5.33. The molecule has 0 unspecified atom stereocenters. The number of rotatable bonds is 3. The van der Waals surface area contributed by atoms with E-state index in [1.165, 1.54) is 0 Å². The molecule has 1 aliphatic rings. The molecule has 72 valence electrons. The average Bonchev–Trinajstić information content (AvgIpc) is 2.08. The zero-order valence-corrected chi connectivity index (χ0v) is 8.27. The Balaban J connectivity index is 2.29. The van der Waals surface area contributed by atoms with Gasteiger partial charge in [-0.25, -0.2) is 0 Å². The van der Waals surface area contributed by atoms with Crippen LogP contribution < -0.4 is 5.32 Å². The van der Waals surface area contributed by atoms with Crippen molar-refractivity contribution in [3.63, 3.8) is 0 Å². The van der Waals surface area contributed by atoms with Gasteiger partial charge in [-0.1, -0.05) is 13.8 Å². The minimum atomic E-state index is -0.539. The van der Waals surface area contributed by atoms with Gasteiger partial charge in [0.25, 0.3) is 0 Å². The molecular weight excluding hydrogens is 150 g/mol. The van der Waals surface area contributed by atoms with Crippen LogP contribution in [0.25, 0.3) is 0 Å². The Labute approximate surface area is 75.4 Å². The fourth-order valence-corrected chi connectivity index (χ4v) is 1.77. The van der Waals surface area contributed by atoms with Gasteiger partial charge in [0.1, 0.15) is 5.72 Å². The molecular formula is C10H21NO. The highest BCUT2D eigenvalue weighted by Crippen LogP contribution is 2.29. The molecule has 0 aromatic rings. The van der Waals surface area contributed by atoms with Gasteiger partial charge in [-0.15, -0.1) is 0 Å². The minimum Gasteiger partial charge on any atom is -0.376 e. The molecule has 0 amide bonds. The van der Waals surface area contributed by atoms with Crippen molar-refractivity contribution in [2.24, 2.45) is 5.92 Å². The SMILES string of the molecule is CCCNC1(O)CCC(C)CC1. The maximum atomic E-state index is 10.0. The number of hydrogen-bond donors (Lipinski definition) is 2. The van der Waals surface area contributed by atoms with E-state index in [9.17, 15) is 5.11 Å². The van der Waals surface area contributed by atoms with Gasteiger partial charge in [0.15, 0.2) is 0 Å². The molecule has 0 aliphatic heterocycles. The zero-order valence-electron chi connectivity index (χ0n) is 8.27. The van der Waals surface area contributed by atoms with E-state index in [1.807, 2.05) is 0 Å². The summed E-state index contributed by atoms with van der Waals surface area (Å²) in [6, 6.07) is 0. The molecule has 0 radical (unpaired) electrons. The molecule has 0 bridgehead atoms. The molecule has 2 N–H and O–H groups in total. The van der Waals surface area contributed by atoms with Crippen LogP contribution in [-0.4, -0.2) is 17.4 Å². The van der Waals surface area contributed by atoms with Crippen LogP contribution in [0.3, 0.4) is 0 Å². The van der Waals surface area contributed by atoms with Crippen molar-refractivity contribution in [3.8, 4) is 0 Å². The highest BCUT2D eigenvalue weighted by molar-refractivity contribution is 4.81. The summed E-state index contributed by atoms with van der Waals surface area (Å²) in [5.74, 6) is 0.800. The third kappa shape index (κ3) is 2.76. The van der Waals surface area contributed by atoms with Crippen LogP contribution in [-0.2, 0) is 0 Å². The zero-order chi connectivity index (χ0) is 9.03. The van der Waals surface area contributed by atoms with Crippen LogP contribution >= 0.6 is 0 Å². The van der Waals surface area contributed by atoms with E-state index in [2.05, 4.69) is 19.2 Å². The first-order chi connectivity index (χ1) is 5.66. The predicted molar refractivity (Wildman–Crippen MR) is 50.9 cm³/mol. The normalized spacial score (nSPS) is 36.8. The third-order valence-electron chi connectivity index (χ3n) is 2.81. The Morgan fingerprint density at radius 1 is 1.42 bits per heavy atom. The minimum absolute atomic E-state index is 0.539. The lowest BCUT2D eigenvalue weighted by Crippen LogP contribution is -2.47. The fourth-order valence-electron chi connectivity index (χ4n) is 1.77. The number of nitrogens with one attached hydrogen (secondary N) is 1. The second-order valence-corrected chi connectivity index (χ2v) is 4.14. The second-order valence-electron chi connectivity index (χ2n) is 4.14. The molecule has 0 heterocycles. The number of aliphatic hydroxyl groups is 1. The van der Waals surface area contributed by atoms with Crippen molar-refractivity contribution in [2.45, 2.75) is 51.7 Å². The molecule has 0 spiro atoms. The Bertz CT molecular complexity index is 122. The van der Waals surface area contributed by atoms with Gasteiger partial charge >= 0.3 is 0 Å². The molecule has 1 rings (SSSR count). The summed E-state index contributed by atoms with van der Waals surface area (Å²) in [7, 11) is 0. The molecule has 0 aromatic heterocycles. The number of hydrogen-bond acceptors (Lipinski definition) is 2. The lowest BCUT2D eigenvalue weighted by Gasteiger charge is -2.35. The largest absolute Gasteiger partial charge is 0.376 e.